The van der Waals surface area contributed by atoms with Crippen molar-refractivity contribution in [3.8, 4) is 12.3 Å². The van der Waals surface area contributed by atoms with Crippen molar-refractivity contribution in [2.45, 2.75) is 25.4 Å². The molecule has 58 valence electrons. The Labute approximate surface area is 67.2 Å². The van der Waals surface area contributed by atoms with Crippen LogP contribution in [0.5, 0.6) is 0 Å². The van der Waals surface area contributed by atoms with E-state index in [0.717, 1.165) is 18.6 Å². The SMILES string of the molecule is C#CCC(O)CCCSC. The van der Waals surface area contributed by atoms with Crippen molar-refractivity contribution < 1.29 is 5.11 Å². The fourth-order valence-electron chi connectivity index (χ4n) is 0.701. The standard InChI is InChI=1S/C8H14OS/c1-3-5-8(9)6-4-7-10-2/h1,8-9H,4-7H2,2H3. The van der Waals surface area contributed by atoms with Crippen molar-refractivity contribution in [3.63, 3.8) is 0 Å². The zero-order valence-corrected chi connectivity index (χ0v) is 7.16. The summed E-state index contributed by atoms with van der Waals surface area (Å²) in [7, 11) is 0. The third-order valence-electron chi connectivity index (χ3n) is 1.24. The summed E-state index contributed by atoms with van der Waals surface area (Å²) in [5.41, 5.74) is 0. The first-order valence-electron chi connectivity index (χ1n) is 3.41. The van der Waals surface area contributed by atoms with Crippen molar-refractivity contribution >= 4 is 11.8 Å². The highest BCUT2D eigenvalue weighted by Crippen LogP contribution is 2.04. The summed E-state index contributed by atoms with van der Waals surface area (Å²) in [6, 6.07) is 0. The van der Waals surface area contributed by atoms with E-state index in [1.165, 1.54) is 0 Å². The van der Waals surface area contributed by atoms with Gasteiger partial charge in [0.1, 0.15) is 0 Å². The van der Waals surface area contributed by atoms with Crippen LogP contribution in [0.25, 0.3) is 0 Å². The molecule has 10 heavy (non-hydrogen) atoms. The molecule has 1 N–H and O–H groups in total. The molecule has 0 saturated carbocycles. The highest BCUT2D eigenvalue weighted by Gasteiger charge is 1.99. The van der Waals surface area contributed by atoms with Gasteiger partial charge in [0, 0.05) is 6.42 Å². The smallest absolute Gasteiger partial charge is 0.0649 e. The Morgan fingerprint density at radius 2 is 2.40 bits per heavy atom. The number of aliphatic hydroxyl groups is 1. The van der Waals surface area contributed by atoms with Gasteiger partial charge in [0.25, 0.3) is 0 Å². The molecule has 0 aliphatic rings. The Balaban J connectivity index is 3.06. The van der Waals surface area contributed by atoms with Gasteiger partial charge in [-0.1, -0.05) is 0 Å². The van der Waals surface area contributed by atoms with E-state index < -0.39 is 0 Å². The monoisotopic (exact) mass is 158 g/mol. The maximum absolute atomic E-state index is 9.12. The van der Waals surface area contributed by atoms with Crippen molar-refractivity contribution in [1.82, 2.24) is 0 Å². The molecule has 0 saturated heterocycles. The summed E-state index contributed by atoms with van der Waals surface area (Å²) in [6.45, 7) is 0. The number of rotatable bonds is 5. The molecule has 0 aromatic carbocycles. The Hall–Kier alpha value is -0.130. The lowest BCUT2D eigenvalue weighted by atomic mass is 10.1. The molecule has 0 aliphatic carbocycles. The van der Waals surface area contributed by atoms with E-state index in [1.54, 1.807) is 11.8 Å². The van der Waals surface area contributed by atoms with Gasteiger partial charge in [0.05, 0.1) is 6.10 Å². The Bertz CT molecular complexity index is 106. The van der Waals surface area contributed by atoms with Crippen LogP contribution in [0, 0.1) is 12.3 Å². The van der Waals surface area contributed by atoms with Crippen LogP contribution in [-0.4, -0.2) is 23.2 Å². The van der Waals surface area contributed by atoms with Crippen LogP contribution in [0.15, 0.2) is 0 Å². The third-order valence-corrected chi connectivity index (χ3v) is 1.94. The number of hydrogen-bond donors (Lipinski definition) is 1. The first-order chi connectivity index (χ1) is 4.81. The summed E-state index contributed by atoms with van der Waals surface area (Å²) < 4.78 is 0. The van der Waals surface area contributed by atoms with Crippen LogP contribution in [0.2, 0.25) is 0 Å². The lowest BCUT2D eigenvalue weighted by Gasteiger charge is -2.04. The topological polar surface area (TPSA) is 20.2 Å². The molecule has 2 heteroatoms. The molecule has 0 radical (unpaired) electrons. The Morgan fingerprint density at radius 3 is 2.90 bits per heavy atom. The van der Waals surface area contributed by atoms with Crippen LogP contribution in [0.3, 0.4) is 0 Å². The maximum atomic E-state index is 9.12. The van der Waals surface area contributed by atoms with Gasteiger partial charge < -0.3 is 5.11 Å². The summed E-state index contributed by atoms with van der Waals surface area (Å²) in [5.74, 6) is 3.55. The zero-order valence-electron chi connectivity index (χ0n) is 6.34. The molecule has 0 aromatic heterocycles. The Morgan fingerprint density at radius 1 is 1.70 bits per heavy atom. The van der Waals surface area contributed by atoms with Gasteiger partial charge in [0.2, 0.25) is 0 Å². The van der Waals surface area contributed by atoms with Crippen LogP contribution in [0.4, 0.5) is 0 Å². The van der Waals surface area contributed by atoms with E-state index >= 15 is 0 Å². The van der Waals surface area contributed by atoms with Crippen molar-refractivity contribution in [2.24, 2.45) is 0 Å². The van der Waals surface area contributed by atoms with Gasteiger partial charge in [-0.05, 0) is 24.9 Å². The van der Waals surface area contributed by atoms with Crippen LogP contribution in [-0.2, 0) is 0 Å². The summed E-state index contributed by atoms with van der Waals surface area (Å²) in [4.78, 5) is 0. The van der Waals surface area contributed by atoms with Crippen LogP contribution >= 0.6 is 11.8 Å². The fourth-order valence-corrected chi connectivity index (χ4v) is 1.16. The maximum Gasteiger partial charge on any atom is 0.0649 e. The van der Waals surface area contributed by atoms with Crippen molar-refractivity contribution in [2.75, 3.05) is 12.0 Å². The van der Waals surface area contributed by atoms with Crippen LogP contribution < -0.4 is 0 Å². The average Bonchev–Trinajstić information content (AvgIpc) is 1.89. The molecule has 0 bridgehead atoms. The lowest BCUT2D eigenvalue weighted by Crippen LogP contribution is -2.04. The van der Waals surface area contributed by atoms with Gasteiger partial charge >= 0.3 is 0 Å². The number of hydrogen-bond acceptors (Lipinski definition) is 2. The Kier molecular flexibility index (Phi) is 6.89. The summed E-state index contributed by atoms with van der Waals surface area (Å²) in [5, 5.41) is 9.12. The molecule has 1 nitrogen and oxygen atoms in total. The second kappa shape index (κ2) is 6.98. The molecule has 0 amide bonds. The molecule has 1 unspecified atom stereocenters. The van der Waals surface area contributed by atoms with E-state index in [1.807, 2.05) is 0 Å². The first kappa shape index (κ1) is 9.87. The van der Waals surface area contributed by atoms with E-state index in [-0.39, 0.29) is 6.10 Å². The van der Waals surface area contributed by atoms with Crippen molar-refractivity contribution in [1.29, 1.82) is 0 Å². The first-order valence-corrected chi connectivity index (χ1v) is 4.81. The third kappa shape index (κ3) is 6.00. The van der Waals surface area contributed by atoms with E-state index in [9.17, 15) is 0 Å². The van der Waals surface area contributed by atoms with Gasteiger partial charge in [-0.15, -0.1) is 12.3 Å². The minimum absolute atomic E-state index is 0.280. The second-order valence-electron chi connectivity index (χ2n) is 2.20. The molecular weight excluding hydrogens is 144 g/mol. The highest BCUT2D eigenvalue weighted by molar-refractivity contribution is 7.98. The lowest BCUT2D eigenvalue weighted by molar-refractivity contribution is 0.169. The predicted octanol–water partition coefficient (Wildman–Crippen LogP) is 1.51. The minimum atomic E-state index is -0.280. The van der Waals surface area contributed by atoms with E-state index in [2.05, 4.69) is 12.2 Å². The molecule has 0 aromatic rings. The number of aliphatic hydroxyl groups excluding tert-OH is 1. The molecule has 0 aliphatic heterocycles. The predicted molar refractivity (Wildman–Crippen MR) is 47.1 cm³/mol. The summed E-state index contributed by atoms with van der Waals surface area (Å²) >= 11 is 1.80. The van der Waals surface area contributed by atoms with Gasteiger partial charge in [-0.3, -0.25) is 0 Å². The molecule has 0 rings (SSSR count). The number of thioether (sulfide) groups is 1. The average molecular weight is 158 g/mol. The summed E-state index contributed by atoms with van der Waals surface area (Å²) in [6.07, 6.45) is 9.19. The van der Waals surface area contributed by atoms with Crippen molar-refractivity contribution in [3.05, 3.63) is 0 Å². The molecular formula is C8H14OS. The largest absolute Gasteiger partial charge is 0.392 e. The fraction of sp³-hybridized carbons (Fsp3) is 0.750. The molecule has 0 spiro atoms. The quantitative estimate of drug-likeness (QED) is 0.483. The second-order valence-corrected chi connectivity index (χ2v) is 3.18. The minimum Gasteiger partial charge on any atom is -0.392 e. The number of terminal acetylenes is 1. The van der Waals surface area contributed by atoms with E-state index in [4.69, 9.17) is 11.5 Å². The normalized spacial score (nSPS) is 12.5. The molecule has 1 atom stereocenters. The van der Waals surface area contributed by atoms with Gasteiger partial charge in [-0.2, -0.15) is 11.8 Å². The van der Waals surface area contributed by atoms with Gasteiger partial charge in [0.15, 0.2) is 0 Å². The molecule has 0 heterocycles. The van der Waals surface area contributed by atoms with Gasteiger partial charge in [-0.25, -0.2) is 0 Å². The zero-order chi connectivity index (χ0) is 7.82. The molecule has 0 fully saturated rings. The van der Waals surface area contributed by atoms with Crippen LogP contribution in [0.1, 0.15) is 19.3 Å². The highest BCUT2D eigenvalue weighted by atomic mass is 32.2. The van der Waals surface area contributed by atoms with E-state index in [0.29, 0.717) is 6.42 Å².